The first-order chi connectivity index (χ1) is 10.6. The zero-order valence-corrected chi connectivity index (χ0v) is 14.1. The fraction of sp³-hybridized carbons (Fsp3) is 0.143. The SMILES string of the molecule is Cc1ccc([SH]2c3ccc(C)cc3-c3cc(C)ccc32)cc1. The molecular formula is C21H20S. The number of hydrogen-bond acceptors (Lipinski definition) is 0. The largest absolute Gasteiger partial charge is 0.172 e. The predicted molar refractivity (Wildman–Crippen MR) is 96.3 cm³/mol. The molecule has 0 aliphatic carbocycles. The van der Waals surface area contributed by atoms with Crippen LogP contribution in [0.2, 0.25) is 0 Å². The van der Waals surface area contributed by atoms with Crippen molar-refractivity contribution in [1.82, 2.24) is 0 Å². The van der Waals surface area contributed by atoms with Crippen molar-refractivity contribution in [3.8, 4) is 11.1 Å². The molecule has 0 aromatic heterocycles. The zero-order valence-electron chi connectivity index (χ0n) is 13.2. The van der Waals surface area contributed by atoms with E-state index in [1.807, 2.05) is 0 Å². The van der Waals surface area contributed by atoms with Crippen LogP contribution in [-0.2, 0) is 0 Å². The first kappa shape index (κ1) is 13.7. The highest BCUT2D eigenvalue weighted by molar-refractivity contribution is 8.17. The zero-order chi connectivity index (χ0) is 15.3. The summed E-state index contributed by atoms with van der Waals surface area (Å²) in [6, 6.07) is 23.0. The van der Waals surface area contributed by atoms with Crippen LogP contribution >= 0.6 is 10.9 Å². The molecular weight excluding hydrogens is 284 g/mol. The molecule has 1 aliphatic heterocycles. The second-order valence-electron chi connectivity index (χ2n) is 6.21. The van der Waals surface area contributed by atoms with Crippen molar-refractivity contribution in [2.45, 2.75) is 35.5 Å². The second-order valence-corrected chi connectivity index (χ2v) is 8.36. The first-order valence-electron chi connectivity index (χ1n) is 7.72. The molecule has 1 heterocycles. The molecule has 0 unspecified atom stereocenters. The maximum Gasteiger partial charge on any atom is 0.00345 e. The monoisotopic (exact) mass is 304 g/mol. The normalized spacial score (nSPS) is 13.9. The molecule has 0 amide bonds. The second kappa shape index (κ2) is 5.03. The number of rotatable bonds is 1. The van der Waals surface area contributed by atoms with Crippen LogP contribution in [0, 0.1) is 20.8 Å². The lowest BCUT2D eigenvalue weighted by molar-refractivity contribution is 1.34. The van der Waals surface area contributed by atoms with E-state index in [0.717, 1.165) is 0 Å². The Hall–Kier alpha value is -1.99. The van der Waals surface area contributed by atoms with Gasteiger partial charge in [-0.1, -0.05) is 53.1 Å². The van der Waals surface area contributed by atoms with Gasteiger partial charge in [-0.05, 0) is 61.1 Å². The molecule has 0 radical (unpaired) electrons. The Labute approximate surface area is 135 Å². The van der Waals surface area contributed by atoms with Crippen molar-refractivity contribution in [3.05, 3.63) is 77.4 Å². The number of benzene rings is 3. The van der Waals surface area contributed by atoms with Gasteiger partial charge in [-0.25, -0.2) is 0 Å². The quantitative estimate of drug-likeness (QED) is 0.405. The topological polar surface area (TPSA) is 0 Å². The van der Waals surface area contributed by atoms with E-state index >= 15 is 0 Å². The summed E-state index contributed by atoms with van der Waals surface area (Å²) in [7, 11) is -0.409. The Balaban J connectivity index is 1.99. The molecule has 0 atom stereocenters. The lowest BCUT2D eigenvalue weighted by atomic mass is 10.0. The minimum Gasteiger partial charge on any atom is -0.172 e. The Bertz CT molecular complexity index is 808. The summed E-state index contributed by atoms with van der Waals surface area (Å²) in [6.07, 6.45) is 0. The van der Waals surface area contributed by atoms with E-state index in [1.54, 1.807) is 0 Å². The fourth-order valence-corrected chi connectivity index (χ4v) is 5.79. The summed E-state index contributed by atoms with van der Waals surface area (Å²) in [6.45, 7) is 6.52. The van der Waals surface area contributed by atoms with Gasteiger partial charge in [0.1, 0.15) is 0 Å². The van der Waals surface area contributed by atoms with Gasteiger partial charge >= 0.3 is 0 Å². The van der Waals surface area contributed by atoms with Crippen LogP contribution in [0.4, 0.5) is 0 Å². The highest BCUT2D eigenvalue weighted by Gasteiger charge is 2.27. The van der Waals surface area contributed by atoms with E-state index in [9.17, 15) is 0 Å². The minimum atomic E-state index is -0.409. The van der Waals surface area contributed by atoms with Crippen LogP contribution in [0.25, 0.3) is 11.1 Å². The van der Waals surface area contributed by atoms with E-state index in [0.29, 0.717) is 0 Å². The number of hydrogen-bond donors (Lipinski definition) is 1. The van der Waals surface area contributed by atoms with Crippen molar-refractivity contribution in [2.75, 3.05) is 0 Å². The van der Waals surface area contributed by atoms with Crippen molar-refractivity contribution >= 4 is 10.9 Å². The minimum absolute atomic E-state index is 0.409. The van der Waals surface area contributed by atoms with Gasteiger partial charge in [-0.3, -0.25) is 0 Å². The first-order valence-corrected chi connectivity index (χ1v) is 9.06. The molecule has 22 heavy (non-hydrogen) atoms. The maximum absolute atomic E-state index is 2.35. The summed E-state index contributed by atoms with van der Waals surface area (Å²) in [5, 5.41) is 0. The molecule has 3 aromatic rings. The van der Waals surface area contributed by atoms with E-state index in [1.165, 1.54) is 42.5 Å². The number of fused-ring (bicyclic) bond motifs is 3. The lowest BCUT2D eigenvalue weighted by Crippen LogP contribution is -1.84. The van der Waals surface area contributed by atoms with Crippen molar-refractivity contribution in [2.24, 2.45) is 0 Å². The molecule has 1 aliphatic rings. The third-order valence-electron chi connectivity index (χ3n) is 4.37. The molecule has 110 valence electrons. The third-order valence-corrected chi connectivity index (χ3v) is 6.93. The van der Waals surface area contributed by atoms with Gasteiger partial charge in [0, 0.05) is 9.79 Å². The van der Waals surface area contributed by atoms with Crippen molar-refractivity contribution < 1.29 is 0 Å². The predicted octanol–water partition coefficient (Wildman–Crippen LogP) is 6.07. The van der Waals surface area contributed by atoms with Crippen molar-refractivity contribution in [3.63, 3.8) is 0 Å². The van der Waals surface area contributed by atoms with Crippen LogP contribution in [0.1, 0.15) is 16.7 Å². The summed E-state index contributed by atoms with van der Waals surface area (Å²) in [5.41, 5.74) is 6.88. The van der Waals surface area contributed by atoms with Gasteiger partial charge < -0.3 is 0 Å². The van der Waals surface area contributed by atoms with Gasteiger partial charge in [-0.2, -0.15) is 10.9 Å². The van der Waals surface area contributed by atoms with Gasteiger partial charge in [0.2, 0.25) is 0 Å². The number of aryl methyl sites for hydroxylation is 3. The Morgan fingerprint density at radius 1 is 0.545 bits per heavy atom. The molecule has 4 rings (SSSR count). The summed E-state index contributed by atoms with van der Waals surface area (Å²) < 4.78 is 0. The van der Waals surface area contributed by atoms with Gasteiger partial charge in [-0.15, -0.1) is 0 Å². The van der Waals surface area contributed by atoms with E-state index in [4.69, 9.17) is 0 Å². The maximum atomic E-state index is 2.35. The van der Waals surface area contributed by atoms with E-state index in [-0.39, 0.29) is 0 Å². The van der Waals surface area contributed by atoms with E-state index in [2.05, 4.69) is 81.4 Å². The highest BCUT2D eigenvalue weighted by atomic mass is 32.2. The Morgan fingerprint density at radius 2 is 1.00 bits per heavy atom. The van der Waals surface area contributed by atoms with Crippen LogP contribution in [0.3, 0.4) is 0 Å². The Morgan fingerprint density at radius 3 is 1.50 bits per heavy atom. The molecule has 1 heteroatoms. The standard InChI is InChI=1S/C21H20S/c1-14-4-8-17(9-5-14)22-20-10-6-15(2)12-18(20)19-13-16(3)7-11-21(19)22/h4-13,22H,1-3H3. The molecule has 0 N–H and O–H groups in total. The molecule has 0 spiro atoms. The van der Waals surface area contributed by atoms with E-state index < -0.39 is 10.9 Å². The lowest BCUT2D eigenvalue weighted by Gasteiger charge is -2.19. The van der Waals surface area contributed by atoms with Crippen LogP contribution in [0.5, 0.6) is 0 Å². The smallest absolute Gasteiger partial charge is 0.00345 e. The van der Waals surface area contributed by atoms with Gasteiger partial charge in [0.25, 0.3) is 0 Å². The molecule has 0 bridgehead atoms. The highest BCUT2D eigenvalue weighted by Crippen LogP contribution is 2.62. The third kappa shape index (κ3) is 2.08. The van der Waals surface area contributed by atoms with Gasteiger partial charge in [0.05, 0.1) is 0 Å². The molecule has 3 aromatic carbocycles. The fourth-order valence-electron chi connectivity index (χ4n) is 3.22. The average Bonchev–Trinajstić information content (AvgIpc) is 2.81. The molecule has 0 saturated carbocycles. The van der Waals surface area contributed by atoms with Crippen LogP contribution in [0.15, 0.2) is 75.4 Å². The molecule has 0 nitrogen and oxygen atoms in total. The molecule has 0 saturated heterocycles. The average molecular weight is 304 g/mol. The number of thiol groups is 1. The van der Waals surface area contributed by atoms with Crippen LogP contribution in [-0.4, -0.2) is 0 Å². The summed E-state index contributed by atoms with van der Waals surface area (Å²) in [4.78, 5) is 4.46. The van der Waals surface area contributed by atoms with Crippen LogP contribution < -0.4 is 0 Å². The summed E-state index contributed by atoms with van der Waals surface area (Å²) >= 11 is 0. The van der Waals surface area contributed by atoms with Crippen molar-refractivity contribution in [1.29, 1.82) is 0 Å². The Kier molecular flexibility index (Phi) is 3.12. The molecule has 0 fully saturated rings. The summed E-state index contributed by atoms with van der Waals surface area (Å²) in [5.74, 6) is 0. The van der Waals surface area contributed by atoms with Gasteiger partial charge in [0.15, 0.2) is 0 Å².